The Morgan fingerprint density at radius 1 is 1.40 bits per heavy atom. The van der Waals surface area contributed by atoms with Gasteiger partial charge in [-0.2, -0.15) is 4.68 Å². The molecule has 2 N–H and O–H groups in total. The van der Waals surface area contributed by atoms with Gasteiger partial charge >= 0.3 is 5.97 Å². The number of benzene rings is 1. The topological polar surface area (TPSA) is 111 Å². The van der Waals surface area contributed by atoms with Crippen molar-refractivity contribution in [3.8, 4) is 11.5 Å². The maximum atomic E-state index is 12.4. The monoisotopic (exact) mass is 345 g/mol. The number of methoxy groups -OCH3 is 1. The van der Waals surface area contributed by atoms with Gasteiger partial charge in [-0.25, -0.2) is 4.79 Å². The summed E-state index contributed by atoms with van der Waals surface area (Å²) in [6, 6.07) is 4.31. The predicted octanol–water partition coefficient (Wildman–Crippen LogP) is 1.63. The summed E-state index contributed by atoms with van der Waals surface area (Å²) >= 11 is 0. The number of aromatic hydroxyl groups is 1. The number of rotatable bonds is 5. The maximum absolute atomic E-state index is 12.4. The zero-order valence-electron chi connectivity index (χ0n) is 14.2. The molecule has 25 heavy (non-hydrogen) atoms. The first-order chi connectivity index (χ1) is 12.1. The zero-order valence-corrected chi connectivity index (χ0v) is 14.2. The van der Waals surface area contributed by atoms with Gasteiger partial charge in [-0.05, 0) is 41.5 Å². The van der Waals surface area contributed by atoms with Gasteiger partial charge in [-0.3, -0.25) is 0 Å². The number of anilines is 1. The van der Waals surface area contributed by atoms with E-state index in [1.165, 1.54) is 17.9 Å². The van der Waals surface area contributed by atoms with E-state index in [9.17, 15) is 9.90 Å². The van der Waals surface area contributed by atoms with E-state index in [1.54, 1.807) is 12.1 Å². The SMILES string of the molecule is CCOc1cc([C@H]2C(C(=O)OC)=C(CC)Nc3nnnn32)ccc1O. The summed E-state index contributed by atoms with van der Waals surface area (Å²) in [6.45, 7) is 4.15. The summed E-state index contributed by atoms with van der Waals surface area (Å²) in [5.74, 6) is 0.313. The highest BCUT2D eigenvalue weighted by atomic mass is 16.5. The van der Waals surface area contributed by atoms with Crippen LogP contribution in [-0.2, 0) is 9.53 Å². The first-order valence-electron chi connectivity index (χ1n) is 7.92. The number of aromatic nitrogens is 4. The normalized spacial score (nSPS) is 16.2. The van der Waals surface area contributed by atoms with Crippen LogP contribution in [0.15, 0.2) is 29.5 Å². The molecule has 1 aliphatic rings. The fourth-order valence-corrected chi connectivity index (χ4v) is 2.84. The van der Waals surface area contributed by atoms with Crippen LogP contribution in [0.3, 0.4) is 0 Å². The highest BCUT2D eigenvalue weighted by Crippen LogP contribution is 2.38. The van der Waals surface area contributed by atoms with Crippen LogP contribution in [0.5, 0.6) is 11.5 Å². The van der Waals surface area contributed by atoms with E-state index < -0.39 is 12.0 Å². The lowest BCUT2D eigenvalue weighted by molar-refractivity contribution is -0.136. The summed E-state index contributed by atoms with van der Waals surface area (Å²) in [6.07, 6.45) is 0.574. The minimum absolute atomic E-state index is 0.0239. The van der Waals surface area contributed by atoms with Crippen LogP contribution in [0.1, 0.15) is 31.9 Å². The van der Waals surface area contributed by atoms with E-state index in [1.807, 2.05) is 13.8 Å². The average Bonchev–Trinajstić information content (AvgIpc) is 3.09. The molecule has 0 aliphatic carbocycles. The zero-order chi connectivity index (χ0) is 18.0. The van der Waals surface area contributed by atoms with E-state index in [0.717, 1.165) is 0 Å². The molecule has 2 heterocycles. The van der Waals surface area contributed by atoms with Crippen molar-refractivity contribution >= 4 is 11.9 Å². The second-order valence-electron chi connectivity index (χ2n) is 5.37. The van der Waals surface area contributed by atoms with Crippen LogP contribution in [0.4, 0.5) is 5.95 Å². The van der Waals surface area contributed by atoms with Crippen LogP contribution in [0.2, 0.25) is 0 Å². The second-order valence-corrected chi connectivity index (χ2v) is 5.37. The fourth-order valence-electron chi connectivity index (χ4n) is 2.84. The van der Waals surface area contributed by atoms with Crippen molar-refractivity contribution in [1.82, 2.24) is 20.2 Å². The molecular formula is C16H19N5O4. The summed E-state index contributed by atoms with van der Waals surface area (Å²) in [7, 11) is 1.33. The Morgan fingerprint density at radius 3 is 2.88 bits per heavy atom. The molecule has 9 heteroatoms. The van der Waals surface area contributed by atoms with E-state index in [2.05, 4.69) is 20.8 Å². The summed E-state index contributed by atoms with van der Waals surface area (Å²) in [4.78, 5) is 12.4. The fraction of sp³-hybridized carbons (Fsp3) is 0.375. The van der Waals surface area contributed by atoms with Gasteiger partial charge in [0, 0.05) is 5.70 Å². The molecule has 2 aromatic rings. The standard InChI is InChI=1S/C16H19N5O4/c1-4-10-13(15(23)24-3)14(21-16(17-10)18-19-20-21)9-6-7-11(22)12(8-9)25-5-2/h6-8,14,22H,4-5H2,1-3H3,(H,17,18,20)/t14-/m0/s1. The summed E-state index contributed by atoms with van der Waals surface area (Å²) in [5, 5.41) is 24.7. The number of esters is 1. The molecule has 1 aliphatic heterocycles. The van der Waals surface area contributed by atoms with Crippen LogP contribution in [0, 0.1) is 0 Å². The number of allylic oxidation sites excluding steroid dienone is 1. The minimum atomic E-state index is -0.589. The minimum Gasteiger partial charge on any atom is -0.504 e. The number of nitrogens with one attached hydrogen (secondary N) is 1. The van der Waals surface area contributed by atoms with Crippen LogP contribution in [-0.4, -0.2) is 45.0 Å². The van der Waals surface area contributed by atoms with Crippen LogP contribution in [0.25, 0.3) is 0 Å². The molecule has 0 radical (unpaired) electrons. The van der Waals surface area contributed by atoms with Crippen molar-refractivity contribution in [3.05, 3.63) is 35.0 Å². The highest BCUT2D eigenvalue weighted by Gasteiger charge is 2.35. The molecule has 3 rings (SSSR count). The van der Waals surface area contributed by atoms with Gasteiger partial charge in [-0.1, -0.05) is 18.1 Å². The van der Waals surface area contributed by atoms with Crippen molar-refractivity contribution in [3.63, 3.8) is 0 Å². The average molecular weight is 345 g/mol. The van der Waals surface area contributed by atoms with Crippen molar-refractivity contribution < 1.29 is 19.4 Å². The number of carbonyl (C=O) groups excluding carboxylic acids is 1. The Hall–Kier alpha value is -3.10. The summed E-state index contributed by atoms with van der Waals surface area (Å²) < 4.78 is 11.9. The molecule has 0 amide bonds. The lowest BCUT2D eigenvalue weighted by Crippen LogP contribution is -2.30. The molecule has 1 atom stereocenters. The maximum Gasteiger partial charge on any atom is 0.338 e. The molecule has 9 nitrogen and oxygen atoms in total. The Balaban J connectivity index is 2.18. The van der Waals surface area contributed by atoms with E-state index in [-0.39, 0.29) is 5.75 Å². The number of tetrazole rings is 1. The van der Waals surface area contributed by atoms with Gasteiger partial charge in [0.25, 0.3) is 0 Å². The molecule has 0 saturated carbocycles. The molecule has 0 fully saturated rings. The molecule has 0 bridgehead atoms. The molecule has 132 valence electrons. The third-order valence-electron chi connectivity index (χ3n) is 3.96. The van der Waals surface area contributed by atoms with Gasteiger partial charge in [-0.15, -0.1) is 0 Å². The van der Waals surface area contributed by atoms with Gasteiger partial charge in [0.2, 0.25) is 5.95 Å². The molecule has 0 spiro atoms. The number of nitrogens with zero attached hydrogens (tertiary/aromatic N) is 4. The molecule has 0 unspecified atom stereocenters. The summed E-state index contributed by atoms with van der Waals surface area (Å²) in [5.41, 5.74) is 1.80. The van der Waals surface area contributed by atoms with Gasteiger partial charge in [0.1, 0.15) is 6.04 Å². The number of hydrogen-bond donors (Lipinski definition) is 2. The number of phenolic OH excluding ortho intramolecular Hbond substituents is 1. The smallest absolute Gasteiger partial charge is 0.338 e. The van der Waals surface area contributed by atoms with Crippen LogP contribution >= 0.6 is 0 Å². The van der Waals surface area contributed by atoms with Gasteiger partial charge in [0.15, 0.2) is 11.5 Å². The Kier molecular flexibility index (Phi) is 4.55. The number of hydrogen-bond acceptors (Lipinski definition) is 8. The van der Waals surface area contributed by atoms with Gasteiger partial charge < -0.3 is 19.9 Å². The van der Waals surface area contributed by atoms with Crippen molar-refractivity contribution in [2.45, 2.75) is 26.3 Å². The largest absolute Gasteiger partial charge is 0.504 e. The Labute approximate surface area is 144 Å². The number of ether oxygens (including phenoxy) is 2. The van der Waals surface area contributed by atoms with Crippen molar-refractivity contribution in [2.75, 3.05) is 19.0 Å². The lowest BCUT2D eigenvalue weighted by atomic mass is 9.94. The van der Waals surface area contributed by atoms with Crippen molar-refractivity contribution in [2.24, 2.45) is 0 Å². The number of fused-ring (bicyclic) bond motifs is 1. The molecule has 1 aromatic carbocycles. The predicted molar refractivity (Wildman–Crippen MR) is 88.2 cm³/mol. The van der Waals surface area contributed by atoms with Crippen molar-refractivity contribution in [1.29, 1.82) is 0 Å². The van der Waals surface area contributed by atoms with Crippen LogP contribution < -0.4 is 10.1 Å². The van der Waals surface area contributed by atoms with E-state index in [0.29, 0.717) is 41.6 Å². The quantitative estimate of drug-likeness (QED) is 0.787. The third kappa shape index (κ3) is 2.88. The molecular weight excluding hydrogens is 326 g/mol. The second kappa shape index (κ2) is 6.80. The molecule has 0 saturated heterocycles. The first kappa shape index (κ1) is 16.7. The van der Waals surface area contributed by atoms with Gasteiger partial charge in [0.05, 0.1) is 19.3 Å². The van der Waals surface area contributed by atoms with E-state index >= 15 is 0 Å². The van der Waals surface area contributed by atoms with E-state index in [4.69, 9.17) is 9.47 Å². The first-order valence-corrected chi connectivity index (χ1v) is 7.92. The number of carbonyl (C=O) groups is 1. The Bertz CT molecular complexity index is 830. The Morgan fingerprint density at radius 2 is 2.20 bits per heavy atom. The molecule has 1 aromatic heterocycles. The third-order valence-corrected chi connectivity index (χ3v) is 3.96. The highest BCUT2D eigenvalue weighted by molar-refractivity contribution is 5.92. The lowest BCUT2D eigenvalue weighted by Gasteiger charge is -2.28. The number of phenols is 1.